The molecule has 0 spiro atoms. The van der Waals surface area contributed by atoms with Gasteiger partial charge < -0.3 is 10.1 Å². The Morgan fingerprint density at radius 1 is 1.33 bits per heavy atom. The van der Waals surface area contributed by atoms with Crippen LogP contribution in [0.5, 0.6) is 0 Å². The van der Waals surface area contributed by atoms with E-state index in [1.54, 1.807) is 6.92 Å². The highest BCUT2D eigenvalue weighted by atomic mass is 16.5. The zero-order valence-corrected chi connectivity index (χ0v) is 11.5. The first-order valence-electron chi connectivity index (χ1n) is 6.71. The Bertz CT molecular complexity index is 345. The van der Waals surface area contributed by atoms with Crippen LogP contribution in [0, 0.1) is 0 Å². The Morgan fingerprint density at radius 3 is 2.50 bits per heavy atom. The monoisotopic (exact) mass is 249 g/mol. The van der Waals surface area contributed by atoms with Gasteiger partial charge in [0.25, 0.3) is 0 Å². The Morgan fingerprint density at radius 2 is 2.00 bits per heavy atom. The van der Waals surface area contributed by atoms with Gasteiger partial charge in [-0.05, 0) is 18.4 Å². The lowest BCUT2D eigenvalue weighted by molar-refractivity contribution is -0.120. The van der Waals surface area contributed by atoms with Gasteiger partial charge in [-0.2, -0.15) is 0 Å². The first-order chi connectivity index (χ1) is 8.77. The number of ether oxygens (including phenoxy) is 1. The molecule has 1 heterocycles. The molecule has 100 valence electrons. The third-order valence-corrected chi connectivity index (χ3v) is 2.85. The standard InChI is InChI=1S/C13H17NO2.C2H6/c1-10(15)14-13(12-8-5-9-16-12)11-6-3-2-4-7-11;1-2/h2-4,6-7,12-13H,5,8-9H2,1H3,(H,14,15);1-2H3/t12-,13-;/m0./s1. The molecule has 0 aromatic heterocycles. The van der Waals surface area contributed by atoms with Crippen molar-refractivity contribution in [1.82, 2.24) is 5.32 Å². The van der Waals surface area contributed by atoms with E-state index in [1.165, 1.54) is 0 Å². The molecule has 1 amide bonds. The highest BCUT2D eigenvalue weighted by molar-refractivity contribution is 5.73. The number of nitrogens with one attached hydrogen (secondary N) is 1. The van der Waals surface area contributed by atoms with E-state index in [4.69, 9.17) is 4.74 Å². The predicted molar refractivity (Wildman–Crippen MR) is 73.3 cm³/mol. The third kappa shape index (κ3) is 4.15. The Balaban J connectivity index is 0.000000771. The van der Waals surface area contributed by atoms with Gasteiger partial charge in [-0.3, -0.25) is 4.79 Å². The Hall–Kier alpha value is -1.35. The molecule has 18 heavy (non-hydrogen) atoms. The fraction of sp³-hybridized carbons (Fsp3) is 0.533. The van der Waals surface area contributed by atoms with Crippen LogP contribution in [0.3, 0.4) is 0 Å². The van der Waals surface area contributed by atoms with E-state index in [9.17, 15) is 4.79 Å². The van der Waals surface area contributed by atoms with Crippen LogP contribution >= 0.6 is 0 Å². The summed E-state index contributed by atoms with van der Waals surface area (Å²) >= 11 is 0. The fourth-order valence-corrected chi connectivity index (χ4v) is 2.14. The van der Waals surface area contributed by atoms with E-state index in [0.29, 0.717) is 0 Å². The maximum absolute atomic E-state index is 11.2. The molecule has 1 aliphatic heterocycles. The first kappa shape index (κ1) is 14.7. The molecule has 1 aromatic rings. The lowest BCUT2D eigenvalue weighted by Gasteiger charge is -2.24. The fourth-order valence-electron chi connectivity index (χ4n) is 2.14. The molecule has 0 saturated carbocycles. The lowest BCUT2D eigenvalue weighted by Crippen LogP contribution is -2.34. The van der Waals surface area contributed by atoms with E-state index in [2.05, 4.69) is 5.32 Å². The van der Waals surface area contributed by atoms with Crippen LogP contribution in [0.15, 0.2) is 30.3 Å². The van der Waals surface area contributed by atoms with E-state index < -0.39 is 0 Å². The molecule has 0 radical (unpaired) electrons. The maximum Gasteiger partial charge on any atom is 0.217 e. The largest absolute Gasteiger partial charge is 0.376 e. The van der Waals surface area contributed by atoms with Gasteiger partial charge in [0.1, 0.15) is 0 Å². The predicted octanol–water partition coefficient (Wildman–Crippen LogP) is 3.07. The van der Waals surface area contributed by atoms with Crippen LogP contribution in [0.2, 0.25) is 0 Å². The minimum absolute atomic E-state index is 0.00986. The van der Waals surface area contributed by atoms with E-state index in [-0.39, 0.29) is 18.1 Å². The van der Waals surface area contributed by atoms with Crippen LogP contribution in [-0.2, 0) is 9.53 Å². The summed E-state index contributed by atoms with van der Waals surface area (Å²) in [4.78, 5) is 11.2. The molecule has 2 rings (SSSR count). The second-order valence-electron chi connectivity index (χ2n) is 4.14. The van der Waals surface area contributed by atoms with E-state index in [0.717, 1.165) is 25.0 Å². The molecule has 3 heteroatoms. The topological polar surface area (TPSA) is 38.3 Å². The molecule has 1 aromatic carbocycles. The van der Waals surface area contributed by atoms with Gasteiger partial charge in [-0.1, -0.05) is 44.2 Å². The molecule has 0 bridgehead atoms. The van der Waals surface area contributed by atoms with Crippen LogP contribution in [0.25, 0.3) is 0 Å². The van der Waals surface area contributed by atoms with E-state index >= 15 is 0 Å². The average molecular weight is 249 g/mol. The first-order valence-corrected chi connectivity index (χ1v) is 6.71. The quantitative estimate of drug-likeness (QED) is 0.894. The summed E-state index contributed by atoms with van der Waals surface area (Å²) in [6.45, 7) is 6.35. The molecular weight excluding hydrogens is 226 g/mol. The molecule has 0 aliphatic carbocycles. The van der Waals surface area contributed by atoms with Gasteiger partial charge in [-0.25, -0.2) is 0 Å². The van der Waals surface area contributed by atoms with Crippen molar-refractivity contribution < 1.29 is 9.53 Å². The van der Waals surface area contributed by atoms with Crippen molar-refractivity contribution in [3.8, 4) is 0 Å². The van der Waals surface area contributed by atoms with Crippen LogP contribution < -0.4 is 5.32 Å². The number of hydrogen-bond acceptors (Lipinski definition) is 2. The molecule has 0 unspecified atom stereocenters. The van der Waals surface area contributed by atoms with Crippen molar-refractivity contribution in [2.24, 2.45) is 0 Å². The lowest BCUT2D eigenvalue weighted by atomic mass is 9.99. The molecule has 2 atom stereocenters. The zero-order chi connectivity index (χ0) is 13.4. The number of hydrogen-bond donors (Lipinski definition) is 1. The Labute approximate surface area is 110 Å². The summed E-state index contributed by atoms with van der Waals surface area (Å²) in [5.74, 6) is -0.00986. The summed E-state index contributed by atoms with van der Waals surface area (Å²) in [6, 6.07) is 9.99. The summed E-state index contributed by atoms with van der Waals surface area (Å²) in [5, 5.41) is 2.97. The van der Waals surface area contributed by atoms with Gasteiger partial charge in [0.05, 0.1) is 12.1 Å². The molecule has 1 N–H and O–H groups in total. The van der Waals surface area contributed by atoms with Crippen molar-refractivity contribution >= 4 is 5.91 Å². The average Bonchev–Trinajstić information content (AvgIpc) is 2.93. The van der Waals surface area contributed by atoms with Crippen LogP contribution in [0.4, 0.5) is 0 Å². The minimum Gasteiger partial charge on any atom is -0.376 e. The summed E-state index contributed by atoms with van der Waals surface area (Å²) < 4.78 is 5.66. The maximum atomic E-state index is 11.2. The van der Waals surface area contributed by atoms with Gasteiger partial charge in [-0.15, -0.1) is 0 Å². The molecule has 1 saturated heterocycles. The van der Waals surface area contributed by atoms with Crippen molar-refractivity contribution in [2.45, 2.75) is 45.8 Å². The zero-order valence-electron chi connectivity index (χ0n) is 11.5. The van der Waals surface area contributed by atoms with Crippen molar-refractivity contribution in [3.63, 3.8) is 0 Å². The minimum atomic E-state index is -0.0128. The van der Waals surface area contributed by atoms with Crippen LogP contribution in [0.1, 0.15) is 45.2 Å². The number of carbonyl (C=O) groups is 1. The summed E-state index contributed by atoms with van der Waals surface area (Å²) in [5.41, 5.74) is 1.12. The molecule has 3 nitrogen and oxygen atoms in total. The second kappa shape index (κ2) is 7.88. The summed E-state index contributed by atoms with van der Waals surface area (Å²) in [6.07, 6.45) is 2.21. The van der Waals surface area contributed by atoms with Crippen molar-refractivity contribution in [2.75, 3.05) is 6.61 Å². The SMILES string of the molecule is CC.CC(=O)N[C@@H](c1ccccc1)[C@@H]1CCCO1. The number of carbonyl (C=O) groups excluding carboxylic acids is 1. The van der Waals surface area contributed by atoms with Gasteiger partial charge in [0, 0.05) is 13.5 Å². The molecule has 1 fully saturated rings. The Kier molecular flexibility index (Phi) is 6.44. The summed E-state index contributed by atoms with van der Waals surface area (Å²) in [7, 11) is 0. The normalized spacial score (nSPS) is 19.6. The molecular formula is C15H23NO2. The van der Waals surface area contributed by atoms with Crippen LogP contribution in [-0.4, -0.2) is 18.6 Å². The number of benzene rings is 1. The third-order valence-electron chi connectivity index (χ3n) is 2.85. The molecule has 1 aliphatic rings. The smallest absolute Gasteiger partial charge is 0.217 e. The highest BCUT2D eigenvalue weighted by Gasteiger charge is 2.27. The number of amides is 1. The van der Waals surface area contributed by atoms with Crippen molar-refractivity contribution in [3.05, 3.63) is 35.9 Å². The van der Waals surface area contributed by atoms with Gasteiger partial charge in [0.15, 0.2) is 0 Å². The second-order valence-corrected chi connectivity index (χ2v) is 4.14. The highest BCUT2D eigenvalue weighted by Crippen LogP contribution is 2.26. The van der Waals surface area contributed by atoms with E-state index in [1.807, 2.05) is 44.2 Å². The number of rotatable bonds is 3. The van der Waals surface area contributed by atoms with Gasteiger partial charge in [0.2, 0.25) is 5.91 Å². The van der Waals surface area contributed by atoms with Gasteiger partial charge >= 0.3 is 0 Å². The van der Waals surface area contributed by atoms with Crippen molar-refractivity contribution in [1.29, 1.82) is 0 Å².